The number of likely N-dealkylation sites (N-methyl/N-ethyl adjacent to an activating group) is 1. The van der Waals surface area contributed by atoms with Crippen LogP contribution in [0.4, 0.5) is 5.69 Å². The molecule has 1 unspecified atom stereocenters. The number of rotatable bonds is 2. The number of para-hydroxylation sites is 1. The maximum absolute atomic E-state index is 12.3. The van der Waals surface area contributed by atoms with Crippen molar-refractivity contribution in [3.8, 4) is 0 Å². The average molecular weight is 255 g/mol. The van der Waals surface area contributed by atoms with Crippen LogP contribution in [0, 0.1) is 6.92 Å². The van der Waals surface area contributed by atoms with Gasteiger partial charge in [-0.05, 0) is 32.5 Å². The third kappa shape index (κ3) is 1.98. The van der Waals surface area contributed by atoms with E-state index in [1.807, 2.05) is 43.1 Å². The molecule has 0 radical (unpaired) electrons. The summed E-state index contributed by atoms with van der Waals surface area (Å²) in [6.07, 6.45) is 0.845. The van der Waals surface area contributed by atoms with Gasteiger partial charge >= 0.3 is 0 Å². The Balaban J connectivity index is 2.10. The number of fused-ring (bicyclic) bond motifs is 1. The van der Waals surface area contributed by atoms with Crippen LogP contribution in [-0.2, 0) is 4.79 Å². The fourth-order valence-electron chi connectivity index (χ4n) is 2.63. The van der Waals surface area contributed by atoms with Gasteiger partial charge in [0.2, 0.25) is 5.91 Å². The quantitative estimate of drug-likeness (QED) is 0.891. The first-order valence-electron chi connectivity index (χ1n) is 6.56. The van der Waals surface area contributed by atoms with Gasteiger partial charge < -0.3 is 10.2 Å². The fourth-order valence-corrected chi connectivity index (χ4v) is 2.63. The zero-order valence-electron chi connectivity index (χ0n) is 11.2. The van der Waals surface area contributed by atoms with Crippen molar-refractivity contribution in [3.63, 3.8) is 0 Å². The average Bonchev–Trinajstić information content (AvgIpc) is 2.79. The number of benzene rings is 1. The van der Waals surface area contributed by atoms with Gasteiger partial charge in [0.15, 0.2) is 0 Å². The van der Waals surface area contributed by atoms with Gasteiger partial charge in [0.25, 0.3) is 0 Å². The SMILES string of the molecule is CNC1CCN(c2cccc3ccc(C)nc23)C1=O. The third-order valence-corrected chi connectivity index (χ3v) is 3.68. The second-order valence-electron chi connectivity index (χ2n) is 4.92. The first-order valence-corrected chi connectivity index (χ1v) is 6.56. The normalized spacial score (nSPS) is 19.4. The number of nitrogens with one attached hydrogen (secondary N) is 1. The summed E-state index contributed by atoms with van der Waals surface area (Å²) in [4.78, 5) is 18.7. The molecular weight excluding hydrogens is 238 g/mol. The van der Waals surface area contributed by atoms with Gasteiger partial charge in [-0.15, -0.1) is 0 Å². The van der Waals surface area contributed by atoms with Crippen LogP contribution in [0.2, 0.25) is 0 Å². The number of carbonyl (C=O) groups excluding carboxylic acids is 1. The molecular formula is C15H17N3O. The number of amides is 1. The highest BCUT2D eigenvalue weighted by Crippen LogP contribution is 2.28. The minimum atomic E-state index is -0.0694. The number of pyridine rings is 1. The van der Waals surface area contributed by atoms with Crippen LogP contribution < -0.4 is 10.2 Å². The maximum atomic E-state index is 12.3. The molecule has 1 fully saturated rings. The van der Waals surface area contributed by atoms with Gasteiger partial charge in [-0.25, -0.2) is 0 Å². The van der Waals surface area contributed by atoms with Gasteiger partial charge in [0.1, 0.15) is 0 Å². The molecule has 1 saturated heterocycles. The second kappa shape index (κ2) is 4.63. The Morgan fingerprint density at radius 1 is 1.32 bits per heavy atom. The van der Waals surface area contributed by atoms with Crippen LogP contribution in [0.25, 0.3) is 10.9 Å². The molecule has 0 bridgehead atoms. The molecule has 0 spiro atoms. The Bertz CT molecular complexity index is 638. The van der Waals surface area contributed by atoms with Gasteiger partial charge in [-0.2, -0.15) is 0 Å². The van der Waals surface area contributed by atoms with E-state index in [4.69, 9.17) is 0 Å². The van der Waals surface area contributed by atoms with Crippen molar-refractivity contribution in [1.82, 2.24) is 10.3 Å². The minimum absolute atomic E-state index is 0.0694. The van der Waals surface area contributed by atoms with Crippen molar-refractivity contribution < 1.29 is 4.79 Å². The van der Waals surface area contributed by atoms with E-state index in [2.05, 4.69) is 16.4 Å². The monoisotopic (exact) mass is 255 g/mol. The zero-order valence-corrected chi connectivity index (χ0v) is 11.2. The van der Waals surface area contributed by atoms with E-state index in [9.17, 15) is 4.79 Å². The van der Waals surface area contributed by atoms with E-state index in [1.54, 1.807) is 0 Å². The van der Waals surface area contributed by atoms with Crippen molar-refractivity contribution in [2.75, 3.05) is 18.5 Å². The highest BCUT2D eigenvalue weighted by Gasteiger charge is 2.32. The Kier molecular flexibility index (Phi) is 2.95. The van der Waals surface area contributed by atoms with Crippen LogP contribution in [-0.4, -0.2) is 30.5 Å². The summed E-state index contributed by atoms with van der Waals surface area (Å²) < 4.78 is 0. The number of nitrogens with zero attached hydrogens (tertiary/aromatic N) is 2. The molecule has 0 saturated carbocycles. The predicted molar refractivity (Wildman–Crippen MR) is 76.3 cm³/mol. The molecule has 98 valence electrons. The van der Waals surface area contributed by atoms with Crippen molar-refractivity contribution in [3.05, 3.63) is 36.0 Å². The topological polar surface area (TPSA) is 45.2 Å². The molecule has 4 heteroatoms. The lowest BCUT2D eigenvalue weighted by molar-refractivity contribution is -0.118. The van der Waals surface area contributed by atoms with Crippen molar-refractivity contribution in [2.24, 2.45) is 0 Å². The van der Waals surface area contributed by atoms with E-state index in [0.29, 0.717) is 0 Å². The summed E-state index contributed by atoms with van der Waals surface area (Å²) in [6.45, 7) is 2.72. The molecule has 1 aliphatic heterocycles. The van der Waals surface area contributed by atoms with Crippen LogP contribution in [0.15, 0.2) is 30.3 Å². The number of aryl methyl sites for hydroxylation is 1. The van der Waals surface area contributed by atoms with Crippen LogP contribution in [0.5, 0.6) is 0 Å². The Morgan fingerprint density at radius 2 is 2.16 bits per heavy atom. The second-order valence-corrected chi connectivity index (χ2v) is 4.92. The van der Waals surface area contributed by atoms with Gasteiger partial charge in [0, 0.05) is 17.6 Å². The van der Waals surface area contributed by atoms with E-state index in [1.165, 1.54) is 0 Å². The molecule has 3 rings (SSSR count). The van der Waals surface area contributed by atoms with Crippen LogP contribution in [0.1, 0.15) is 12.1 Å². The van der Waals surface area contributed by atoms with Crippen LogP contribution in [0.3, 0.4) is 0 Å². The van der Waals surface area contributed by atoms with E-state index < -0.39 is 0 Å². The molecule has 1 N–H and O–H groups in total. The van der Waals surface area contributed by atoms with E-state index in [0.717, 1.165) is 35.2 Å². The predicted octanol–water partition coefficient (Wildman–Crippen LogP) is 1.87. The number of carbonyl (C=O) groups is 1. The van der Waals surface area contributed by atoms with Crippen molar-refractivity contribution in [1.29, 1.82) is 0 Å². The van der Waals surface area contributed by atoms with E-state index >= 15 is 0 Å². The highest BCUT2D eigenvalue weighted by atomic mass is 16.2. The van der Waals surface area contributed by atoms with Crippen molar-refractivity contribution >= 4 is 22.5 Å². The molecule has 19 heavy (non-hydrogen) atoms. The molecule has 1 amide bonds. The molecule has 1 aromatic carbocycles. The van der Waals surface area contributed by atoms with E-state index in [-0.39, 0.29) is 11.9 Å². The Hall–Kier alpha value is -1.94. The number of hydrogen-bond donors (Lipinski definition) is 1. The lowest BCUT2D eigenvalue weighted by atomic mass is 10.1. The summed E-state index contributed by atoms with van der Waals surface area (Å²) in [7, 11) is 1.83. The lowest BCUT2D eigenvalue weighted by Crippen LogP contribution is -2.36. The first-order chi connectivity index (χ1) is 9.20. The number of aromatic nitrogens is 1. The molecule has 1 atom stereocenters. The third-order valence-electron chi connectivity index (χ3n) is 3.68. The zero-order chi connectivity index (χ0) is 13.4. The summed E-state index contributed by atoms with van der Waals surface area (Å²) in [6, 6.07) is 9.96. The molecule has 1 aromatic heterocycles. The van der Waals surface area contributed by atoms with Gasteiger partial charge in [0.05, 0.1) is 17.2 Å². The minimum Gasteiger partial charge on any atom is -0.309 e. The molecule has 1 aliphatic rings. The molecule has 2 aromatic rings. The van der Waals surface area contributed by atoms with Gasteiger partial charge in [-0.3, -0.25) is 9.78 Å². The standard InChI is InChI=1S/C15H17N3O/c1-10-6-7-11-4-3-5-13(14(11)17-10)18-9-8-12(16-2)15(18)19/h3-7,12,16H,8-9H2,1-2H3. The Labute approximate surface area is 112 Å². The fraction of sp³-hybridized carbons (Fsp3) is 0.333. The summed E-state index contributed by atoms with van der Waals surface area (Å²) in [5, 5.41) is 4.13. The summed E-state index contributed by atoms with van der Waals surface area (Å²) >= 11 is 0. The number of anilines is 1. The maximum Gasteiger partial charge on any atom is 0.244 e. The largest absolute Gasteiger partial charge is 0.309 e. The highest BCUT2D eigenvalue weighted by molar-refractivity contribution is 6.05. The number of hydrogen-bond acceptors (Lipinski definition) is 3. The van der Waals surface area contributed by atoms with Gasteiger partial charge in [-0.1, -0.05) is 18.2 Å². The van der Waals surface area contributed by atoms with Crippen molar-refractivity contribution in [2.45, 2.75) is 19.4 Å². The first kappa shape index (κ1) is 12.1. The Morgan fingerprint density at radius 3 is 2.89 bits per heavy atom. The molecule has 4 nitrogen and oxygen atoms in total. The molecule has 2 heterocycles. The smallest absolute Gasteiger partial charge is 0.244 e. The lowest BCUT2D eigenvalue weighted by Gasteiger charge is -2.18. The molecule has 0 aliphatic carbocycles. The summed E-state index contributed by atoms with van der Waals surface area (Å²) in [5.74, 6) is 0.137. The van der Waals surface area contributed by atoms with Crippen LogP contribution >= 0.6 is 0 Å². The summed E-state index contributed by atoms with van der Waals surface area (Å²) in [5.41, 5.74) is 2.80.